The van der Waals surface area contributed by atoms with Gasteiger partial charge in [-0.25, -0.2) is 4.79 Å². The van der Waals surface area contributed by atoms with Gasteiger partial charge in [-0.3, -0.25) is 0 Å². The quantitative estimate of drug-likeness (QED) is 0.224. The monoisotopic (exact) mass is 331 g/mol. The first-order valence-corrected chi connectivity index (χ1v) is 6.90. The fourth-order valence-corrected chi connectivity index (χ4v) is 1.77. The number of rotatable bonds is 6. The predicted molar refractivity (Wildman–Crippen MR) is 80.1 cm³/mol. The number of nitriles is 1. The van der Waals surface area contributed by atoms with Gasteiger partial charge in [-0.1, -0.05) is 60.7 Å². The van der Waals surface area contributed by atoms with Gasteiger partial charge in [-0.05, 0) is 11.1 Å². The molecule has 0 saturated heterocycles. The van der Waals surface area contributed by atoms with Gasteiger partial charge in [0, 0.05) is 6.61 Å². The van der Waals surface area contributed by atoms with Crippen LogP contribution >= 0.6 is 0 Å². The summed E-state index contributed by atoms with van der Waals surface area (Å²) in [6.45, 7) is -0.0341. The van der Waals surface area contributed by atoms with Crippen molar-refractivity contribution in [2.75, 3.05) is 0 Å². The van der Waals surface area contributed by atoms with Gasteiger partial charge in [-0.15, -0.1) is 0 Å². The molecule has 0 aliphatic heterocycles. The SMILES string of the molecule is N#CC(C(=O)OCc1ccccc1)=C([O-])OCc1ccccc1.[Na+]. The van der Waals surface area contributed by atoms with E-state index in [1.165, 1.54) is 0 Å². The van der Waals surface area contributed by atoms with Gasteiger partial charge in [0.2, 0.25) is 0 Å². The van der Waals surface area contributed by atoms with Crippen molar-refractivity contribution in [1.82, 2.24) is 0 Å². The van der Waals surface area contributed by atoms with E-state index in [0.29, 0.717) is 0 Å². The zero-order chi connectivity index (χ0) is 16.5. The van der Waals surface area contributed by atoms with E-state index in [1.54, 1.807) is 54.6 Å². The molecular weight excluding hydrogens is 317 g/mol. The molecule has 5 nitrogen and oxygen atoms in total. The summed E-state index contributed by atoms with van der Waals surface area (Å²) in [6.07, 6.45) is 0. The molecule has 0 saturated carbocycles. The Kier molecular flexibility index (Phi) is 8.66. The molecule has 0 amide bonds. The Hall–Kier alpha value is -2.26. The fourth-order valence-electron chi connectivity index (χ4n) is 1.77. The van der Waals surface area contributed by atoms with Crippen LogP contribution in [0.5, 0.6) is 0 Å². The first-order chi connectivity index (χ1) is 11.2. The second kappa shape index (κ2) is 10.5. The van der Waals surface area contributed by atoms with Crippen molar-refractivity contribution in [3.8, 4) is 6.07 Å². The molecule has 0 atom stereocenters. The molecule has 6 heteroatoms. The van der Waals surface area contributed by atoms with E-state index in [0.717, 1.165) is 11.1 Å². The number of carbonyl (C=O) groups is 1. The molecule has 0 radical (unpaired) electrons. The van der Waals surface area contributed by atoms with Gasteiger partial charge in [0.25, 0.3) is 0 Å². The summed E-state index contributed by atoms with van der Waals surface area (Å²) in [7, 11) is 0. The van der Waals surface area contributed by atoms with Crippen LogP contribution in [-0.4, -0.2) is 5.97 Å². The maximum atomic E-state index is 11.8. The minimum absolute atomic E-state index is 0. The molecule has 0 fully saturated rings. The molecule has 0 N–H and O–H groups in total. The van der Waals surface area contributed by atoms with Crippen LogP contribution in [0.1, 0.15) is 11.1 Å². The number of benzene rings is 2. The molecule has 116 valence electrons. The molecule has 2 aromatic carbocycles. The largest absolute Gasteiger partial charge is 1.00 e. The zero-order valence-corrected chi connectivity index (χ0v) is 15.3. The fraction of sp³-hybridized carbons (Fsp3) is 0.111. The van der Waals surface area contributed by atoms with Gasteiger partial charge in [-0.2, -0.15) is 5.26 Å². The third-order valence-electron chi connectivity index (χ3n) is 2.95. The average Bonchev–Trinajstić information content (AvgIpc) is 2.60. The van der Waals surface area contributed by atoms with Crippen molar-refractivity contribution in [3.63, 3.8) is 0 Å². The minimum atomic E-state index is -0.991. The first kappa shape index (κ1) is 19.8. The van der Waals surface area contributed by atoms with Crippen molar-refractivity contribution in [2.45, 2.75) is 13.2 Å². The molecular formula is C18H14NNaO4. The van der Waals surface area contributed by atoms with Crippen molar-refractivity contribution in [3.05, 3.63) is 83.3 Å². The third-order valence-corrected chi connectivity index (χ3v) is 2.95. The van der Waals surface area contributed by atoms with E-state index in [2.05, 4.69) is 0 Å². The molecule has 2 rings (SSSR count). The van der Waals surface area contributed by atoms with Crippen LogP contribution in [0.2, 0.25) is 0 Å². The number of nitrogens with zero attached hydrogens (tertiary/aromatic N) is 1. The molecule has 0 aromatic heterocycles. The Morgan fingerprint density at radius 2 is 1.38 bits per heavy atom. The van der Waals surface area contributed by atoms with Crippen LogP contribution < -0.4 is 34.7 Å². The maximum Gasteiger partial charge on any atom is 1.00 e. The predicted octanol–water partition coefficient (Wildman–Crippen LogP) is -0.954. The summed E-state index contributed by atoms with van der Waals surface area (Å²) in [4.78, 5) is 11.8. The van der Waals surface area contributed by atoms with Crippen LogP contribution in [0, 0.1) is 11.3 Å². The van der Waals surface area contributed by atoms with Gasteiger partial charge in [0.15, 0.2) is 5.57 Å². The number of ether oxygens (including phenoxy) is 2. The second-order valence-corrected chi connectivity index (χ2v) is 4.61. The van der Waals surface area contributed by atoms with E-state index in [9.17, 15) is 9.90 Å². The smallest absolute Gasteiger partial charge is 0.608 e. The first-order valence-electron chi connectivity index (χ1n) is 6.90. The van der Waals surface area contributed by atoms with E-state index in [-0.39, 0.29) is 42.8 Å². The Labute approximate surface area is 162 Å². The van der Waals surface area contributed by atoms with Crippen LogP contribution in [0.4, 0.5) is 0 Å². The Balaban J connectivity index is 0.00000288. The average molecular weight is 331 g/mol. The Bertz CT molecular complexity index is 724. The standard InChI is InChI=1S/C18H15NO4.Na/c19-11-16(17(20)22-12-14-7-3-1-4-8-14)18(21)23-13-15-9-5-2-6-10-15;/h1-10,20H,12-13H2;/q;+1/p-1. The second-order valence-electron chi connectivity index (χ2n) is 4.61. The van der Waals surface area contributed by atoms with E-state index in [4.69, 9.17) is 14.7 Å². The molecule has 0 unspecified atom stereocenters. The molecule has 0 aliphatic carbocycles. The summed E-state index contributed by atoms with van der Waals surface area (Å²) in [5, 5.41) is 20.8. The van der Waals surface area contributed by atoms with Crippen LogP contribution in [-0.2, 0) is 27.5 Å². The summed E-state index contributed by atoms with van der Waals surface area (Å²) in [6, 6.07) is 19.5. The van der Waals surface area contributed by atoms with Crippen LogP contribution in [0.25, 0.3) is 0 Å². The van der Waals surface area contributed by atoms with Crippen molar-refractivity contribution in [1.29, 1.82) is 5.26 Å². The van der Waals surface area contributed by atoms with Gasteiger partial charge in [0.05, 0.1) is 5.95 Å². The number of hydrogen-bond acceptors (Lipinski definition) is 5. The summed E-state index contributed by atoms with van der Waals surface area (Å²) >= 11 is 0. The molecule has 0 spiro atoms. The molecule has 0 aliphatic rings. The van der Waals surface area contributed by atoms with Gasteiger partial charge < -0.3 is 14.6 Å². The maximum absolute atomic E-state index is 11.8. The van der Waals surface area contributed by atoms with Crippen LogP contribution in [0.15, 0.2) is 72.2 Å². The summed E-state index contributed by atoms with van der Waals surface area (Å²) in [5.74, 6) is -1.98. The van der Waals surface area contributed by atoms with Crippen molar-refractivity contribution >= 4 is 5.97 Å². The van der Waals surface area contributed by atoms with E-state index < -0.39 is 17.5 Å². The number of hydrogen-bond donors (Lipinski definition) is 0. The molecule has 2 aromatic rings. The van der Waals surface area contributed by atoms with Gasteiger partial charge >= 0.3 is 35.5 Å². The Morgan fingerprint density at radius 1 is 0.917 bits per heavy atom. The summed E-state index contributed by atoms with van der Waals surface area (Å²) in [5.41, 5.74) is 0.850. The molecule has 0 heterocycles. The molecule has 24 heavy (non-hydrogen) atoms. The normalized spacial score (nSPS) is 10.6. The van der Waals surface area contributed by atoms with E-state index >= 15 is 0 Å². The van der Waals surface area contributed by atoms with E-state index in [1.807, 2.05) is 12.1 Å². The molecule has 0 bridgehead atoms. The summed E-state index contributed by atoms with van der Waals surface area (Å²) < 4.78 is 9.91. The van der Waals surface area contributed by atoms with Crippen molar-refractivity contribution < 1.29 is 48.9 Å². The zero-order valence-electron chi connectivity index (χ0n) is 13.3. The van der Waals surface area contributed by atoms with Crippen molar-refractivity contribution in [2.24, 2.45) is 0 Å². The topological polar surface area (TPSA) is 82.4 Å². The number of esters is 1. The van der Waals surface area contributed by atoms with Gasteiger partial charge in [0.1, 0.15) is 12.7 Å². The number of carbonyl (C=O) groups excluding carboxylic acids is 1. The van der Waals surface area contributed by atoms with Crippen LogP contribution in [0.3, 0.4) is 0 Å². The Morgan fingerprint density at radius 3 is 1.83 bits per heavy atom. The third kappa shape index (κ3) is 6.09. The minimum Gasteiger partial charge on any atom is -0.608 e.